The Bertz CT molecular complexity index is 1090. The van der Waals surface area contributed by atoms with E-state index in [1.807, 2.05) is 6.07 Å². The van der Waals surface area contributed by atoms with Crippen LogP contribution in [0, 0.1) is 10.1 Å². The average Bonchev–Trinajstić information content (AvgIpc) is 3.16. The number of hydrogen-bond acceptors (Lipinski definition) is 6. The topological polar surface area (TPSA) is 93.7 Å². The molecule has 27 heavy (non-hydrogen) atoms. The molecule has 2 aromatic carbocycles. The van der Waals surface area contributed by atoms with Gasteiger partial charge >= 0.3 is 5.63 Å². The molecule has 1 aliphatic heterocycles. The molecule has 1 aromatic heterocycles. The third kappa shape index (κ3) is 3.19. The number of rotatable bonds is 3. The molecule has 8 heteroatoms. The smallest absolute Gasteiger partial charge is 0.349 e. The van der Waals surface area contributed by atoms with Crippen molar-refractivity contribution in [1.29, 1.82) is 0 Å². The van der Waals surface area contributed by atoms with Crippen LogP contribution in [0.25, 0.3) is 11.0 Å². The second-order valence-electron chi connectivity index (χ2n) is 6.06. The van der Waals surface area contributed by atoms with Crippen molar-refractivity contribution >= 4 is 34.3 Å². The normalized spacial score (nSPS) is 16.6. The highest BCUT2D eigenvalue weighted by Gasteiger charge is 2.33. The summed E-state index contributed by atoms with van der Waals surface area (Å²) in [6, 6.07) is 14.7. The van der Waals surface area contributed by atoms with Crippen LogP contribution in [-0.2, 0) is 0 Å². The highest BCUT2D eigenvalue weighted by atomic mass is 32.2. The summed E-state index contributed by atoms with van der Waals surface area (Å²) in [5.74, 6) is 0.314. The van der Waals surface area contributed by atoms with Crippen molar-refractivity contribution in [2.24, 2.45) is 0 Å². The lowest BCUT2D eigenvalue weighted by atomic mass is 10.1. The third-order valence-electron chi connectivity index (χ3n) is 4.41. The molecule has 1 atom stereocenters. The van der Waals surface area contributed by atoms with Crippen LogP contribution in [0.1, 0.15) is 21.3 Å². The number of hydrogen-bond donors (Lipinski definition) is 0. The molecule has 1 saturated heterocycles. The molecule has 3 aromatic rings. The maximum atomic E-state index is 13.0. The zero-order valence-electron chi connectivity index (χ0n) is 14.0. The number of nitrogens with zero attached hydrogens (tertiary/aromatic N) is 2. The van der Waals surface area contributed by atoms with Crippen LogP contribution in [0.15, 0.2) is 63.8 Å². The van der Waals surface area contributed by atoms with Gasteiger partial charge in [0.25, 0.3) is 11.6 Å². The number of thioether (sulfide) groups is 1. The Labute approximate surface area is 157 Å². The van der Waals surface area contributed by atoms with Gasteiger partial charge in [0, 0.05) is 29.8 Å². The van der Waals surface area contributed by atoms with Crippen molar-refractivity contribution in [3.8, 4) is 0 Å². The minimum Gasteiger partial charge on any atom is -0.422 e. The van der Waals surface area contributed by atoms with Gasteiger partial charge in [0.05, 0.1) is 4.92 Å². The van der Waals surface area contributed by atoms with Gasteiger partial charge in [0.15, 0.2) is 0 Å². The molecule has 0 saturated carbocycles. The van der Waals surface area contributed by atoms with E-state index in [1.54, 1.807) is 53.1 Å². The molecule has 2 heterocycles. The van der Waals surface area contributed by atoms with Crippen LogP contribution in [0.4, 0.5) is 5.69 Å². The Hall–Kier alpha value is -3.13. The predicted molar refractivity (Wildman–Crippen MR) is 102 cm³/mol. The molecule has 0 N–H and O–H groups in total. The zero-order chi connectivity index (χ0) is 19.0. The molecule has 7 nitrogen and oxygen atoms in total. The molecule has 0 aliphatic carbocycles. The lowest BCUT2D eigenvalue weighted by molar-refractivity contribution is -0.384. The molecule has 0 radical (unpaired) electrons. The first-order chi connectivity index (χ1) is 13.0. The third-order valence-corrected chi connectivity index (χ3v) is 5.67. The summed E-state index contributed by atoms with van der Waals surface area (Å²) in [7, 11) is 0. The SMILES string of the molecule is O=C(c1cc2ccccc2oc1=O)N1CCSC1c1ccc([N+](=O)[O-])cc1. The number of nitro benzene ring substituents is 1. The standard InChI is InChI=1S/C19H14N2O5S/c22-17(15-11-13-3-1-2-4-16(13)26-19(15)23)20-9-10-27-18(20)12-5-7-14(8-6-12)21(24)25/h1-8,11,18H,9-10H2. The van der Waals surface area contributed by atoms with Crippen molar-refractivity contribution in [3.05, 3.63) is 86.3 Å². The molecular formula is C19H14N2O5S. The summed E-state index contributed by atoms with van der Waals surface area (Å²) < 4.78 is 5.27. The van der Waals surface area contributed by atoms with Gasteiger partial charge in [-0.2, -0.15) is 0 Å². The van der Waals surface area contributed by atoms with Crippen LogP contribution in [0.5, 0.6) is 0 Å². The summed E-state index contributed by atoms with van der Waals surface area (Å²) >= 11 is 1.55. The zero-order valence-corrected chi connectivity index (χ0v) is 14.8. The van der Waals surface area contributed by atoms with Crippen LogP contribution in [-0.4, -0.2) is 28.0 Å². The number of non-ortho nitro benzene ring substituents is 1. The van der Waals surface area contributed by atoms with E-state index in [0.29, 0.717) is 23.3 Å². The number of benzene rings is 2. The van der Waals surface area contributed by atoms with E-state index >= 15 is 0 Å². The molecule has 0 bridgehead atoms. The van der Waals surface area contributed by atoms with Gasteiger partial charge < -0.3 is 9.32 Å². The van der Waals surface area contributed by atoms with E-state index in [-0.39, 0.29) is 16.6 Å². The molecule has 1 fully saturated rings. The quantitative estimate of drug-likeness (QED) is 0.390. The van der Waals surface area contributed by atoms with E-state index in [9.17, 15) is 19.7 Å². The maximum absolute atomic E-state index is 13.0. The number of nitro groups is 1. The molecule has 0 spiro atoms. The first-order valence-corrected chi connectivity index (χ1v) is 9.29. The predicted octanol–water partition coefficient (Wildman–Crippen LogP) is 3.59. The number of amides is 1. The van der Waals surface area contributed by atoms with Gasteiger partial charge in [-0.25, -0.2) is 4.79 Å². The Kier molecular flexibility index (Phi) is 4.41. The molecule has 1 unspecified atom stereocenters. The molecule has 136 valence electrons. The maximum Gasteiger partial charge on any atom is 0.349 e. The van der Waals surface area contributed by atoms with Crippen LogP contribution >= 0.6 is 11.8 Å². The Balaban J connectivity index is 1.67. The minimum atomic E-state index is -0.668. The van der Waals surface area contributed by atoms with Crippen LogP contribution in [0.3, 0.4) is 0 Å². The fraction of sp³-hybridized carbons (Fsp3) is 0.158. The van der Waals surface area contributed by atoms with E-state index in [1.165, 1.54) is 12.1 Å². The van der Waals surface area contributed by atoms with E-state index in [0.717, 1.165) is 5.56 Å². The fourth-order valence-electron chi connectivity index (χ4n) is 3.08. The van der Waals surface area contributed by atoms with E-state index in [2.05, 4.69) is 0 Å². The number of carbonyl (C=O) groups excluding carboxylic acids is 1. The monoisotopic (exact) mass is 382 g/mol. The van der Waals surface area contributed by atoms with Gasteiger partial charge in [-0.15, -0.1) is 11.8 Å². The highest BCUT2D eigenvalue weighted by Crippen LogP contribution is 2.39. The van der Waals surface area contributed by atoms with Crippen LogP contribution < -0.4 is 5.63 Å². The molecule has 1 aliphatic rings. The summed E-state index contributed by atoms with van der Waals surface area (Å²) in [5.41, 5.74) is 0.527. The number of carbonyl (C=O) groups is 1. The average molecular weight is 382 g/mol. The largest absolute Gasteiger partial charge is 0.422 e. The van der Waals surface area contributed by atoms with Gasteiger partial charge in [0.1, 0.15) is 16.5 Å². The summed E-state index contributed by atoms with van der Waals surface area (Å²) in [6.07, 6.45) is 0. The minimum absolute atomic E-state index is 0.00482. The van der Waals surface area contributed by atoms with Gasteiger partial charge in [-0.3, -0.25) is 14.9 Å². The lowest BCUT2D eigenvalue weighted by Gasteiger charge is -2.23. The molecule has 1 amide bonds. The Morgan fingerprint density at radius 1 is 1.19 bits per heavy atom. The summed E-state index contributed by atoms with van der Waals surface area (Å²) in [5, 5.41) is 11.2. The van der Waals surface area contributed by atoms with Gasteiger partial charge in [0.2, 0.25) is 0 Å². The summed E-state index contributed by atoms with van der Waals surface area (Å²) in [6.45, 7) is 0.484. The molecule has 4 rings (SSSR count). The van der Waals surface area contributed by atoms with Gasteiger partial charge in [-0.05, 0) is 29.8 Å². The second-order valence-corrected chi connectivity index (χ2v) is 7.24. The van der Waals surface area contributed by atoms with Crippen molar-refractivity contribution in [2.45, 2.75) is 5.37 Å². The van der Waals surface area contributed by atoms with Crippen molar-refractivity contribution in [2.75, 3.05) is 12.3 Å². The fourth-order valence-corrected chi connectivity index (χ4v) is 4.34. The van der Waals surface area contributed by atoms with Crippen molar-refractivity contribution in [1.82, 2.24) is 4.90 Å². The van der Waals surface area contributed by atoms with Crippen LogP contribution in [0.2, 0.25) is 0 Å². The van der Waals surface area contributed by atoms with Crippen molar-refractivity contribution in [3.63, 3.8) is 0 Å². The summed E-state index contributed by atoms with van der Waals surface area (Å²) in [4.78, 5) is 37.3. The van der Waals surface area contributed by atoms with E-state index < -0.39 is 16.5 Å². The first-order valence-electron chi connectivity index (χ1n) is 8.24. The molecular weight excluding hydrogens is 368 g/mol. The second kappa shape index (κ2) is 6.88. The number of fused-ring (bicyclic) bond motifs is 1. The number of para-hydroxylation sites is 1. The van der Waals surface area contributed by atoms with Crippen molar-refractivity contribution < 1.29 is 14.1 Å². The van der Waals surface area contributed by atoms with Gasteiger partial charge in [-0.1, -0.05) is 18.2 Å². The Morgan fingerprint density at radius 2 is 1.93 bits per heavy atom. The lowest BCUT2D eigenvalue weighted by Crippen LogP contribution is -2.33. The first kappa shape index (κ1) is 17.3. The Morgan fingerprint density at radius 3 is 2.67 bits per heavy atom. The highest BCUT2D eigenvalue weighted by molar-refractivity contribution is 7.99. The van der Waals surface area contributed by atoms with E-state index in [4.69, 9.17) is 4.42 Å².